The van der Waals surface area contributed by atoms with Gasteiger partial charge in [-0.2, -0.15) is 0 Å². The minimum Gasteiger partial charge on any atom is -0.457 e. The second kappa shape index (κ2) is 7.83. The molecule has 0 spiro atoms. The number of benzene rings is 2. The van der Waals surface area contributed by atoms with Crippen LogP contribution in [0.2, 0.25) is 0 Å². The Hall–Kier alpha value is -3.74. The van der Waals surface area contributed by atoms with Gasteiger partial charge in [-0.25, -0.2) is 14.4 Å². The lowest BCUT2D eigenvalue weighted by molar-refractivity contribution is -0.120. The number of nitrogens with zero attached hydrogens (tertiary/aromatic N) is 3. The number of ether oxygens (including phenoxy) is 1. The SMILES string of the molecule is Nc1ncnc2c1c(-c1ccc(Oc3ccccc3)cc1F)cn2C1CCC(=O)CC1. The van der Waals surface area contributed by atoms with Crippen LogP contribution in [0.4, 0.5) is 10.2 Å². The van der Waals surface area contributed by atoms with Crippen molar-refractivity contribution in [1.82, 2.24) is 14.5 Å². The molecular formula is C24H21FN4O2. The zero-order valence-corrected chi connectivity index (χ0v) is 16.8. The van der Waals surface area contributed by atoms with E-state index >= 15 is 4.39 Å². The van der Waals surface area contributed by atoms with Gasteiger partial charge in [0, 0.05) is 42.3 Å². The van der Waals surface area contributed by atoms with E-state index in [1.54, 1.807) is 12.1 Å². The fourth-order valence-electron chi connectivity index (χ4n) is 4.20. The van der Waals surface area contributed by atoms with Crippen LogP contribution in [-0.4, -0.2) is 20.3 Å². The Bertz CT molecular complexity index is 1260. The van der Waals surface area contributed by atoms with Crippen molar-refractivity contribution in [3.63, 3.8) is 0 Å². The molecule has 1 fully saturated rings. The van der Waals surface area contributed by atoms with E-state index in [-0.39, 0.29) is 11.8 Å². The largest absolute Gasteiger partial charge is 0.457 e. The number of carbonyl (C=O) groups is 1. The number of halogens is 1. The lowest BCUT2D eigenvalue weighted by Crippen LogP contribution is -2.17. The van der Waals surface area contributed by atoms with Crippen molar-refractivity contribution in [2.24, 2.45) is 0 Å². The van der Waals surface area contributed by atoms with E-state index in [1.807, 2.05) is 41.1 Å². The Morgan fingerprint density at radius 1 is 1.00 bits per heavy atom. The maximum absolute atomic E-state index is 15.2. The molecule has 156 valence electrons. The first-order valence-corrected chi connectivity index (χ1v) is 10.3. The highest BCUT2D eigenvalue weighted by Crippen LogP contribution is 2.39. The molecule has 5 rings (SSSR count). The van der Waals surface area contributed by atoms with Gasteiger partial charge in [-0.05, 0) is 37.1 Å². The summed E-state index contributed by atoms with van der Waals surface area (Å²) in [6.45, 7) is 0. The molecule has 7 heteroatoms. The number of para-hydroxylation sites is 1. The van der Waals surface area contributed by atoms with Crippen molar-refractivity contribution in [1.29, 1.82) is 0 Å². The van der Waals surface area contributed by atoms with Crippen molar-refractivity contribution in [3.05, 3.63) is 66.9 Å². The van der Waals surface area contributed by atoms with E-state index in [9.17, 15) is 4.79 Å². The van der Waals surface area contributed by atoms with E-state index < -0.39 is 5.82 Å². The predicted octanol–water partition coefficient (Wildman–Crippen LogP) is 5.30. The number of fused-ring (bicyclic) bond motifs is 1. The highest BCUT2D eigenvalue weighted by Gasteiger charge is 2.25. The summed E-state index contributed by atoms with van der Waals surface area (Å²) in [7, 11) is 0. The Labute approximate surface area is 178 Å². The molecule has 2 heterocycles. The molecule has 2 N–H and O–H groups in total. The van der Waals surface area contributed by atoms with E-state index in [4.69, 9.17) is 10.5 Å². The highest BCUT2D eigenvalue weighted by molar-refractivity contribution is 6.00. The fourth-order valence-corrected chi connectivity index (χ4v) is 4.20. The zero-order chi connectivity index (χ0) is 21.4. The van der Waals surface area contributed by atoms with Gasteiger partial charge in [-0.15, -0.1) is 0 Å². The molecule has 0 unspecified atom stereocenters. The number of hydrogen-bond acceptors (Lipinski definition) is 5. The third kappa shape index (κ3) is 3.63. The number of nitrogens with two attached hydrogens (primary N) is 1. The number of anilines is 1. The van der Waals surface area contributed by atoms with Gasteiger partial charge in [0.2, 0.25) is 0 Å². The molecule has 31 heavy (non-hydrogen) atoms. The van der Waals surface area contributed by atoms with Crippen LogP contribution in [0, 0.1) is 5.82 Å². The maximum Gasteiger partial charge on any atom is 0.146 e. The van der Waals surface area contributed by atoms with Crippen molar-refractivity contribution in [2.75, 3.05) is 5.73 Å². The van der Waals surface area contributed by atoms with E-state index in [2.05, 4.69) is 9.97 Å². The van der Waals surface area contributed by atoms with Crippen molar-refractivity contribution < 1.29 is 13.9 Å². The van der Waals surface area contributed by atoms with Gasteiger partial charge >= 0.3 is 0 Å². The summed E-state index contributed by atoms with van der Waals surface area (Å²) in [5.74, 6) is 1.20. The van der Waals surface area contributed by atoms with Gasteiger partial charge in [-0.1, -0.05) is 18.2 Å². The number of carbonyl (C=O) groups excluding carboxylic acids is 1. The fraction of sp³-hybridized carbons (Fsp3) is 0.208. The van der Waals surface area contributed by atoms with Crippen LogP contribution >= 0.6 is 0 Å². The molecule has 2 aromatic carbocycles. The Kier molecular flexibility index (Phi) is 4.86. The summed E-state index contributed by atoms with van der Waals surface area (Å²) < 4.78 is 22.9. The summed E-state index contributed by atoms with van der Waals surface area (Å²) in [6.07, 6.45) is 5.85. The van der Waals surface area contributed by atoms with Gasteiger partial charge < -0.3 is 15.0 Å². The second-order valence-electron chi connectivity index (χ2n) is 7.73. The standard InChI is InChI=1S/C24H21FN4O2/c25-21-12-18(31-17-4-2-1-3-5-17)10-11-19(21)20-13-29(15-6-8-16(30)9-7-15)24-22(20)23(26)27-14-28-24/h1-5,10-15H,6-9H2,(H2,26,27,28). The molecule has 0 radical (unpaired) electrons. The number of aromatic nitrogens is 3. The molecule has 1 aliphatic carbocycles. The quantitative estimate of drug-likeness (QED) is 0.488. The number of Topliss-reactive ketones (excluding diaryl/α,β-unsaturated/α-hetero) is 1. The molecular weight excluding hydrogens is 395 g/mol. The molecule has 0 saturated heterocycles. The third-order valence-electron chi connectivity index (χ3n) is 5.75. The smallest absolute Gasteiger partial charge is 0.146 e. The van der Waals surface area contributed by atoms with E-state index in [1.165, 1.54) is 12.4 Å². The molecule has 0 amide bonds. The lowest BCUT2D eigenvalue weighted by atomic mass is 9.94. The van der Waals surface area contributed by atoms with Crippen LogP contribution in [0.15, 0.2) is 61.1 Å². The monoisotopic (exact) mass is 416 g/mol. The average molecular weight is 416 g/mol. The highest BCUT2D eigenvalue weighted by atomic mass is 19.1. The van der Waals surface area contributed by atoms with Gasteiger partial charge in [0.25, 0.3) is 0 Å². The number of rotatable bonds is 4. The number of ketones is 1. The third-order valence-corrected chi connectivity index (χ3v) is 5.75. The molecule has 2 aromatic heterocycles. The Morgan fingerprint density at radius 2 is 1.77 bits per heavy atom. The average Bonchev–Trinajstić information content (AvgIpc) is 3.16. The van der Waals surface area contributed by atoms with E-state index in [0.29, 0.717) is 52.3 Å². The minimum atomic E-state index is -0.422. The predicted molar refractivity (Wildman–Crippen MR) is 116 cm³/mol. The minimum absolute atomic E-state index is 0.118. The van der Waals surface area contributed by atoms with Crippen molar-refractivity contribution in [2.45, 2.75) is 31.7 Å². The van der Waals surface area contributed by atoms with Gasteiger partial charge in [0.05, 0.1) is 5.39 Å². The van der Waals surface area contributed by atoms with Crippen LogP contribution in [0.5, 0.6) is 11.5 Å². The molecule has 6 nitrogen and oxygen atoms in total. The number of hydrogen-bond donors (Lipinski definition) is 1. The maximum atomic E-state index is 15.2. The molecule has 0 bridgehead atoms. The van der Waals surface area contributed by atoms with Gasteiger partial charge in [0.1, 0.15) is 40.9 Å². The summed E-state index contributed by atoms with van der Waals surface area (Å²) in [6, 6.07) is 14.1. The van der Waals surface area contributed by atoms with Crippen LogP contribution in [-0.2, 0) is 4.79 Å². The Morgan fingerprint density at radius 3 is 2.52 bits per heavy atom. The second-order valence-corrected chi connectivity index (χ2v) is 7.73. The normalized spacial score (nSPS) is 14.8. The molecule has 4 aromatic rings. The van der Waals surface area contributed by atoms with Crippen LogP contribution in [0.1, 0.15) is 31.7 Å². The molecule has 1 saturated carbocycles. The first kappa shape index (κ1) is 19.2. The van der Waals surface area contributed by atoms with Crippen LogP contribution in [0.25, 0.3) is 22.2 Å². The van der Waals surface area contributed by atoms with Gasteiger partial charge in [-0.3, -0.25) is 4.79 Å². The van der Waals surface area contributed by atoms with Gasteiger partial charge in [0.15, 0.2) is 0 Å². The topological polar surface area (TPSA) is 83.0 Å². The van der Waals surface area contributed by atoms with Crippen molar-refractivity contribution >= 4 is 22.6 Å². The Balaban J connectivity index is 1.56. The van der Waals surface area contributed by atoms with Crippen LogP contribution in [0.3, 0.4) is 0 Å². The summed E-state index contributed by atoms with van der Waals surface area (Å²) in [5.41, 5.74) is 7.87. The molecule has 0 aliphatic heterocycles. The first-order chi connectivity index (χ1) is 15.1. The van der Waals surface area contributed by atoms with Crippen molar-refractivity contribution in [3.8, 4) is 22.6 Å². The zero-order valence-electron chi connectivity index (χ0n) is 16.8. The summed E-state index contributed by atoms with van der Waals surface area (Å²) >= 11 is 0. The first-order valence-electron chi connectivity index (χ1n) is 10.3. The van der Waals surface area contributed by atoms with E-state index in [0.717, 1.165) is 12.8 Å². The number of nitrogen functional groups attached to an aromatic ring is 1. The summed E-state index contributed by atoms with van der Waals surface area (Å²) in [4.78, 5) is 20.2. The van der Waals surface area contributed by atoms with Crippen LogP contribution < -0.4 is 10.5 Å². The summed E-state index contributed by atoms with van der Waals surface area (Å²) in [5, 5.41) is 0.620. The molecule has 1 aliphatic rings. The molecule has 0 atom stereocenters. The lowest BCUT2D eigenvalue weighted by Gasteiger charge is -2.23.